The van der Waals surface area contributed by atoms with Crippen LogP contribution in [0.3, 0.4) is 0 Å². The first-order valence-corrected chi connectivity index (χ1v) is 5.93. The predicted molar refractivity (Wildman–Crippen MR) is 67.0 cm³/mol. The number of nitriles is 1. The summed E-state index contributed by atoms with van der Waals surface area (Å²) in [5.74, 6) is 0.964. The van der Waals surface area contributed by atoms with Gasteiger partial charge in [0.15, 0.2) is 0 Å². The first-order chi connectivity index (χ1) is 8.04. The van der Waals surface area contributed by atoms with Crippen LogP contribution >= 0.6 is 0 Å². The molecule has 1 saturated heterocycles. The number of aromatic nitrogens is 2. The van der Waals surface area contributed by atoms with E-state index in [4.69, 9.17) is 0 Å². The molecule has 0 aliphatic carbocycles. The second-order valence-electron chi connectivity index (χ2n) is 4.82. The Balaban J connectivity index is 2.37. The van der Waals surface area contributed by atoms with Crippen LogP contribution < -0.4 is 4.90 Å². The maximum Gasteiger partial charge on any atom is 0.145 e. The van der Waals surface area contributed by atoms with Gasteiger partial charge in [-0.1, -0.05) is 0 Å². The topological polar surface area (TPSA) is 48.1 Å². The summed E-state index contributed by atoms with van der Waals surface area (Å²) < 4.78 is 1.83. The maximum atomic E-state index is 9.24. The van der Waals surface area contributed by atoms with Crippen molar-refractivity contribution in [2.75, 3.05) is 31.6 Å². The second-order valence-corrected chi connectivity index (χ2v) is 4.82. The van der Waals surface area contributed by atoms with Crippen LogP contribution in [0.4, 0.5) is 5.82 Å². The molecule has 1 atom stereocenters. The van der Waals surface area contributed by atoms with Gasteiger partial charge in [0.25, 0.3) is 0 Å². The van der Waals surface area contributed by atoms with Crippen LogP contribution in [-0.4, -0.2) is 47.4 Å². The molecule has 17 heavy (non-hydrogen) atoms. The van der Waals surface area contributed by atoms with Crippen molar-refractivity contribution < 1.29 is 0 Å². The fourth-order valence-electron chi connectivity index (χ4n) is 2.56. The number of hydrogen-bond donors (Lipinski definition) is 0. The Kier molecular flexibility index (Phi) is 3.07. The molecule has 1 fully saturated rings. The highest BCUT2D eigenvalue weighted by molar-refractivity contribution is 5.57. The molecule has 92 valence electrons. The standard InChI is InChI=1S/C12H19N5/c1-9-8-15(3)5-6-17(9)12-11(7-13)10(2)14-16(12)4/h9H,5-6,8H2,1-4H3. The van der Waals surface area contributed by atoms with Crippen LogP contribution in [0.25, 0.3) is 0 Å². The van der Waals surface area contributed by atoms with Gasteiger partial charge in [-0.15, -0.1) is 0 Å². The number of piperazine rings is 1. The van der Waals surface area contributed by atoms with E-state index in [1.54, 1.807) is 0 Å². The molecule has 0 radical (unpaired) electrons. The zero-order valence-corrected chi connectivity index (χ0v) is 10.9. The number of likely N-dealkylation sites (N-methyl/N-ethyl adjacent to an activating group) is 1. The zero-order valence-electron chi connectivity index (χ0n) is 10.9. The molecule has 5 heteroatoms. The molecule has 5 nitrogen and oxygen atoms in total. The smallest absolute Gasteiger partial charge is 0.145 e. The average molecular weight is 233 g/mol. The van der Waals surface area contributed by atoms with Crippen molar-refractivity contribution in [3.8, 4) is 6.07 Å². The van der Waals surface area contributed by atoms with Gasteiger partial charge in [0, 0.05) is 32.7 Å². The van der Waals surface area contributed by atoms with E-state index in [-0.39, 0.29) is 0 Å². The van der Waals surface area contributed by atoms with Gasteiger partial charge in [-0.05, 0) is 20.9 Å². The number of anilines is 1. The van der Waals surface area contributed by atoms with Gasteiger partial charge in [-0.3, -0.25) is 4.68 Å². The Morgan fingerprint density at radius 2 is 2.06 bits per heavy atom. The van der Waals surface area contributed by atoms with E-state index in [2.05, 4.69) is 34.9 Å². The molecule has 1 aromatic rings. The van der Waals surface area contributed by atoms with Gasteiger partial charge in [0.2, 0.25) is 0 Å². The number of nitrogens with zero attached hydrogens (tertiary/aromatic N) is 5. The minimum Gasteiger partial charge on any atom is -0.350 e. The summed E-state index contributed by atoms with van der Waals surface area (Å²) in [4.78, 5) is 4.61. The maximum absolute atomic E-state index is 9.24. The highest BCUT2D eigenvalue weighted by Crippen LogP contribution is 2.25. The lowest BCUT2D eigenvalue weighted by Gasteiger charge is -2.39. The Hall–Kier alpha value is -1.54. The molecule has 0 amide bonds. The third kappa shape index (κ3) is 2.01. The predicted octanol–water partition coefficient (Wildman–Crippen LogP) is 0.740. The summed E-state index contributed by atoms with van der Waals surface area (Å²) in [7, 11) is 4.04. The Morgan fingerprint density at radius 3 is 2.65 bits per heavy atom. The van der Waals surface area contributed by atoms with Crippen LogP contribution in [0, 0.1) is 18.3 Å². The number of aryl methyl sites for hydroxylation is 2. The highest BCUT2D eigenvalue weighted by atomic mass is 15.4. The van der Waals surface area contributed by atoms with E-state index in [1.807, 2.05) is 18.7 Å². The van der Waals surface area contributed by atoms with Gasteiger partial charge < -0.3 is 9.80 Å². The normalized spacial score (nSPS) is 21.6. The molecule has 1 aliphatic rings. The van der Waals surface area contributed by atoms with Crippen molar-refractivity contribution in [3.63, 3.8) is 0 Å². The fraction of sp³-hybridized carbons (Fsp3) is 0.667. The van der Waals surface area contributed by atoms with Gasteiger partial charge in [-0.25, -0.2) is 0 Å². The summed E-state index contributed by atoms with van der Waals surface area (Å²) in [5.41, 5.74) is 1.53. The van der Waals surface area contributed by atoms with Crippen LogP contribution in [0.2, 0.25) is 0 Å². The van der Waals surface area contributed by atoms with E-state index < -0.39 is 0 Å². The molecule has 0 bridgehead atoms. The lowest BCUT2D eigenvalue weighted by Crippen LogP contribution is -2.51. The zero-order chi connectivity index (χ0) is 12.6. The quantitative estimate of drug-likeness (QED) is 0.718. The van der Waals surface area contributed by atoms with Crippen molar-refractivity contribution in [2.45, 2.75) is 19.9 Å². The summed E-state index contributed by atoms with van der Waals surface area (Å²) in [5, 5.41) is 13.6. The van der Waals surface area contributed by atoms with Crippen molar-refractivity contribution in [3.05, 3.63) is 11.3 Å². The minimum atomic E-state index is 0.413. The van der Waals surface area contributed by atoms with Crippen molar-refractivity contribution >= 4 is 5.82 Å². The Morgan fingerprint density at radius 1 is 1.35 bits per heavy atom. The van der Waals surface area contributed by atoms with E-state index in [0.29, 0.717) is 11.6 Å². The first-order valence-electron chi connectivity index (χ1n) is 5.93. The largest absolute Gasteiger partial charge is 0.350 e. The number of rotatable bonds is 1. The Labute approximate surface area is 102 Å². The van der Waals surface area contributed by atoms with E-state index in [0.717, 1.165) is 31.1 Å². The van der Waals surface area contributed by atoms with Crippen molar-refractivity contribution in [2.24, 2.45) is 7.05 Å². The fourth-order valence-corrected chi connectivity index (χ4v) is 2.56. The molecule has 2 rings (SSSR count). The lowest BCUT2D eigenvalue weighted by molar-refractivity contribution is 0.273. The SMILES string of the molecule is Cc1nn(C)c(N2CCN(C)CC2C)c1C#N. The Bertz CT molecular complexity index is 456. The highest BCUT2D eigenvalue weighted by Gasteiger charge is 2.27. The molecule has 1 aliphatic heterocycles. The summed E-state index contributed by atoms with van der Waals surface area (Å²) >= 11 is 0. The van der Waals surface area contributed by atoms with Crippen molar-refractivity contribution in [1.82, 2.24) is 14.7 Å². The number of hydrogen-bond acceptors (Lipinski definition) is 4. The van der Waals surface area contributed by atoms with Gasteiger partial charge in [0.1, 0.15) is 17.5 Å². The molecule has 1 unspecified atom stereocenters. The van der Waals surface area contributed by atoms with Gasteiger partial charge in [0.05, 0.1) is 5.69 Å². The molecule has 0 N–H and O–H groups in total. The lowest BCUT2D eigenvalue weighted by atomic mass is 10.1. The second kappa shape index (κ2) is 4.38. The molecular weight excluding hydrogens is 214 g/mol. The van der Waals surface area contributed by atoms with Gasteiger partial charge >= 0.3 is 0 Å². The third-order valence-electron chi connectivity index (χ3n) is 3.41. The van der Waals surface area contributed by atoms with E-state index in [1.165, 1.54) is 0 Å². The third-order valence-corrected chi connectivity index (χ3v) is 3.41. The first kappa shape index (κ1) is 11.9. The summed E-state index contributed by atoms with van der Waals surface area (Å²) in [6, 6.07) is 2.69. The molecule has 0 spiro atoms. The monoisotopic (exact) mass is 233 g/mol. The molecule has 2 heterocycles. The van der Waals surface area contributed by atoms with E-state index in [9.17, 15) is 5.26 Å². The van der Waals surface area contributed by atoms with Gasteiger partial charge in [-0.2, -0.15) is 10.4 Å². The molecule has 0 aromatic carbocycles. The minimum absolute atomic E-state index is 0.413. The van der Waals surface area contributed by atoms with Crippen LogP contribution in [0.15, 0.2) is 0 Å². The van der Waals surface area contributed by atoms with Crippen LogP contribution in [-0.2, 0) is 7.05 Å². The molecule has 1 aromatic heterocycles. The van der Waals surface area contributed by atoms with Crippen LogP contribution in [0.1, 0.15) is 18.2 Å². The van der Waals surface area contributed by atoms with Crippen LogP contribution in [0.5, 0.6) is 0 Å². The van der Waals surface area contributed by atoms with Crippen molar-refractivity contribution in [1.29, 1.82) is 5.26 Å². The summed E-state index contributed by atoms with van der Waals surface area (Å²) in [6.07, 6.45) is 0. The summed E-state index contributed by atoms with van der Waals surface area (Å²) in [6.45, 7) is 7.09. The molecule has 0 saturated carbocycles. The van der Waals surface area contributed by atoms with E-state index >= 15 is 0 Å². The average Bonchev–Trinajstić information content (AvgIpc) is 2.53. The molecular formula is C12H19N5.